The minimum absolute atomic E-state index is 0.0230. The average molecular weight is 485 g/mol. The van der Waals surface area contributed by atoms with E-state index >= 15 is 0 Å². The zero-order valence-corrected chi connectivity index (χ0v) is 17.3. The summed E-state index contributed by atoms with van der Waals surface area (Å²) in [7, 11) is 0. The zero-order chi connectivity index (χ0) is 24.9. The van der Waals surface area contributed by atoms with Gasteiger partial charge in [-0.1, -0.05) is 18.2 Å². The highest BCUT2D eigenvalue weighted by Gasteiger charge is 2.41. The van der Waals surface area contributed by atoms with Crippen LogP contribution in [0.2, 0.25) is 0 Å². The molecule has 0 saturated carbocycles. The number of halogens is 5. The summed E-state index contributed by atoms with van der Waals surface area (Å²) < 4.78 is 68.9. The molecule has 7 nitrogen and oxygen atoms in total. The number of H-pyrrole nitrogens is 1. The first-order valence-electron chi connectivity index (χ1n) is 9.98. The van der Waals surface area contributed by atoms with Crippen LogP contribution in [0.3, 0.4) is 0 Å². The van der Waals surface area contributed by atoms with Crippen molar-refractivity contribution in [3.8, 4) is 5.69 Å². The maximum Gasteiger partial charge on any atom is 0.434 e. The molecule has 35 heavy (non-hydrogen) atoms. The van der Waals surface area contributed by atoms with E-state index < -0.39 is 35.5 Å². The number of aromatic amines is 1. The predicted molar refractivity (Wildman–Crippen MR) is 115 cm³/mol. The molecular formula is C23H12F5N5O2. The van der Waals surface area contributed by atoms with Gasteiger partial charge in [0.15, 0.2) is 11.6 Å². The maximum absolute atomic E-state index is 14.2. The minimum atomic E-state index is -5.00. The Kier molecular flexibility index (Phi) is 5.10. The van der Waals surface area contributed by atoms with Crippen LogP contribution in [0, 0.1) is 0 Å². The van der Waals surface area contributed by atoms with Gasteiger partial charge in [-0.2, -0.15) is 18.3 Å². The van der Waals surface area contributed by atoms with Crippen molar-refractivity contribution in [1.82, 2.24) is 19.7 Å². The van der Waals surface area contributed by atoms with Gasteiger partial charge in [0.25, 0.3) is 12.3 Å². The lowest BCUT2D eigenvalue weighted by molar-refractivity contribution is -0.143. The number of benzene rings is 2. The fourth-order valence-corrected chi connectivity index (χ4v) is 3.98. The van der Waals surface area contributed by atoms with E-state index in [4.69, 9.17) is 0 Å². The Morgan fingerprint density at radius 2 is 1.89 bits per heavy atom. The number of anilines is 1. The van der Waals surface area contributed by atoms with Crippen molar-refractivity contribution in [2.24, 2.45) is 0 Å². The molecule has 0 saturated heterocycles. The quantitative estimate of drug-likeness (QED) is 0.371. The van der Waals surface area contributed by atoms with Crippen LogP contribution in [0.4, 0.5) is 27.6 Å². The fourth-order valence-electron chi connectivity index (χ4n) is 3.98. The monoisotopic (exact) mass is 485 g/mol. The number of carbonyl (C=O) groups is 1. The second-order valence-corrected chi connectivity index (χ2v) is 7.50. The Bertz CT molecular complexity index is 1680. The van der Waals surface area contributed by atoms with Crippen LogP contribution in [0.15, 0.2) is 54.9 Å². The van der Waals surface area contributed by atoms with Gasteiger partial charge in [-0.25, -0.2) is 18.3 Å². The molecule has 0 aliphatic rings. The summed E-state index contributed by atoms with van der Waals surface area (Å²) in [4.78, 5) is 30.3. The van der Waals surface area contributed by atoms with Crippen LogP contribution >= 0.6 is 0 Å². The van der Waals surface area contributed by atoms with E-state index in [1.807, 2.05) is 0 Å². The summed E-state index contributed by atoms with van der Waals surface area (Å²) in [6.45, 7) is 0. The van der Waals surface area contributed by atoms with Crippen molar-refractivity contribution in [3.63, 3.8) is 0 Å². The molecule has 3 aromatic heterocycles. The largest absolute Gasteiger partial charge is 0.434 e. The van der Waals surface area contributed by atoms with Crippen LogP contribution < -0.4 is 10.7 Å². The number of rotatable bonds is 4. The summed E-state index contributed by atoms with van der Waals surface area (Å²) in [5, 5.41) is 7.51. The van der Waals surface area contributed by atoms with Crippen molar-refractivity contribution in [2.75, 3.05) is 5.32 Å². The first-order valence-corrected chi connectivity index (χ1v) is 9.98. The summed E-state index contributed by atoms with van der Waals surface area (Å²) in [6, 6.07) is 9.69. The fraction of sp³-hybridized carbons (Fsp3) is 0.0870. The Morgan fingerprint density at radius 1 is 1.11 bits per heavy atom. The second kappa shape index (κ2) is 8.03. The molecule has 0 spiro atoms. The van der Waals surface area contributed by atoms with Gasteiger partial charge in [-0.3, -0.25) is 9.78 Å². The average Bonchev–Trinajstić information content (AvgIpc) is 3.43. The molecule has 176 valence electrons. The molecule has 0 radical (unpaired) electrons. The van der Waals surface area contributed by atoms with Gasteiger partial charge in [0.1, 0.15) is 11.0 Å². The Morgan fingerprint density at radius 3 is 2.60 bits per heavy atom. The molecule has 2 N–H and O–H groups in total. The van der Waals surface area contributed by atoms with Crippen molar-refractivity contribution in [1.29, 1.82) is 0 Å². The Labute approximate surface area is 191 Å². The van der Waals surface area contributed by atoms with Crippen LogP contribution in [0.25, 0.3) is 27.4 Å². The van der Waals surface area contributed by atoms with E-state index in [0.29, 0.717) is 26.4 Å². The van der Waals surface area contributed by atoms with E-state index in [-0.39, 0.29) is 16.7 Å². The van der Waals surface area contributed by atoms with Gasteiger partial charge in [0, 0.05) is 33.6 Å². The topological polar surface area (TPSA) is 92.7 Å². The molecule has 12 heteroatoms. The van der Waals surface area contributed by atoms with Crippen LogP contribution in [-0.4, -0.2) is 31.6 Å². The van der Waals surface area contributed by atoms with Gasteiger partial charge < -0.3 is 10.3 Å². The normalized spacial score (nSPS) is 11.9. The molecule has 0 unspecified atom stereocenters. The molecule has 0 atom stereocenters. The number of amides is 1. The van der Waals surface area contributed by atoms with Crippen molar-refractivity contribution in [3.05, 3.63) is 77.2 Å². The smallest absolute Gasteiger partial charge is 0.345 e. The van der Waals surface area contributed by atoms with Gasteiger partial charge in [-0.15, -0.1) is 0 Å². The Hall–Kier alpha value is -4.57. The summed E-state index contributed by atoms with van der Waals surface area (Å²) in [5.74, 6) is 0.581. The van der Waals surface area contributed by atoms with Gasteiger partial charge in [-0.05, 0) is 24.3 Å². The minimum Gasteiger partial charge on any atom is -0.345 e. The number of nitrogens with zero attached hydrogens (tertiary/aromatic N) is 3. The highest BCUT2D eigenvalue weighted by atomic mass is 19.4. The SMILES string of the molecule is O=C=c1[nH]c2ccc(-n3ncc(C(=O)Nc4ccnc(C(F)F)c4)c3C(F)(F)F)c3cccc1c23. The third kappa shape index (κ3) is 3.69. The molecule has 3 heterocycles. The van der Waals surface area contributed by atoms with E-state index in [1.54, 1.807) is 24.1 Å². The predicted octanol–water partition coefficient (Wildman–Crippen LogP) is 4.33. The number of hydrogen-bond donors (Lipinski definition) is 2. The van der Waals surface area contributed by atoms with Gasteiger partial charge >= 0.3 is 6.18 Å². The zero-order valence-electron chi connectivity index (χ0n) is 17.3. The summed E-state index contributed by atoms with van der Waals surface area (Å²) in [5.41, 5.74) is -2.40. The number of hydrogen-bond acceptors (Lipinski definition) is 4. The highest BCUT2D eigenvalue weighted by molar-refractivity contribution is 6.13. The lowest BCUT2D eigenvalue weighted by Gasteiger charge is -2.14. The molecule has 0 fully saturated rings. The standard InChI is InChI=1S/C23H12F5N5O2/c24-21(25)16-8-11(6-7-29-16)31-22(35)14-9-30-33(20(14)23(26,27)28)18-5-4-15-19-12(17(10-34)32-15)2-1-3-13(18)19/h1-9,21,32H,(H,29,31,35). The van der Waals surface area contributed by atoms with E-state index in [2.05, 4.69) is 20.4 Å². The van der Waals surface area contributed by atoms with Crippen LogP contribution in [0.5, 0.6) is 0 Å². The molecule has 0 aliphatic carbocycles. The lowest BCUT2D eigenvalue weighted by Crippen LogP contribution is -2.21. The van der Waals surface area contributed by atoms with Gasteiger partial charge in [0.05, 0.1) is 17.4 Å². The molecule has 1 amide bonds. The van der Waals surface area contributed by atoms with Crippen molar-refractivity contribution < 1.29 is 31.5 Å². The third-order valence-electron chi connectivity index (χ3n) is 5.42. The van der Waals surface area contributed by atoms with Crippen molar-refractivity contribution >= 4 is 39.2 Å². The van der Waals surface area contributed by atoms with Crippen molar-refractivity contribution in [2.45, 2.75) is 12.6 Å². The number of pyridine rings is 1. The maximum atomic E-state index is 14.2. The van der Waals surface area contributed by atoms with E-state index in [0.717, 1.165) is 18.5 Å². The third-order valence-corrected chi connectivity index (χ3v) is 5.42. The number of carbonyl (C=O) groups excluding carboxylic acids is 2. The van der Waals surface area contributed by atoms with E-state index in [1.165, 1.54) is 18.2 Å². The number of nitrogens with one attached hydrogen (secondary N) is 2. The number of aromatic nitrogens is 4. The van der Waals surface area contributed by atoms with Crippen LogP contribution in [0.1, 0.15) is 28.2 Å². The Balaban J connectivity index is 1.65. The number of alkyl halides is 5. The first-order chi connectivity index (χ1) is 16.7. The molecule has 5 aromatic rings. The molecule has 2 aromatic carbocycles. The summed E-state index contributed by atoms with van der Waals surface area (Å²) >= 11 is 0. The lowest BCUT2D eigenvalue weighted by atomic mass is 10.1. The second-order valence-electron chi connectivity index (χ2n) is 7.50. The summed E-state index contributed by atoms with van der Waals surface area (Å²) in [6.07, 6.45) is -6.16. The van der Waals surface area contributed by atoms with E-state index in [9.17, 15) is 31.5 Å². The first kappa shape index (κ1) is 22.2. The molecule has 0 bridgehead atoms. The molecule has 5 rings (SSSR count). The molecular weight excluding hydrogens is 473 g/mol. The van der Waals surface area contributed by atoms with Crippen LogP contribution in [-0.2, 0) is 11.0 Å². The molecule has 0 aliphatic heterocycles. The highest BCUT2D eigenvalue weighted by Crippen LogP contribution is 2.37. The van der Waals surface area contributed by atoms with Gasteiger partial charge in [0.2, 0.25) is 0 Å².